The number of hydrogen-bond acceptors (Lipinski definition) is 5. The summed E-state index contributed by atoms with van der Waals surface area (Å²) in [5.41, 5.74) is 5.39. The van der Waals surface area contributed by atoms with Crippen LogP contribution in [0.3, 0.4) is 0 Å². The van der Waals surface area contributed by atoms with E-state index in [-0.39, 0.29) is 11.4 Å². The molecule has 0 aromatic carbocycles. The fourth-order valence-corrected chi connectivity index (χ4v) is 2.04. The first-order valence-electron chi connectivity index (χ1n) is 5.34. The Labute approximate surface area is 113 Å². The van der Waals surface area contributed by atoms with Gasteiger partial charge in [-0.05, 0) is 13.8 Å². The number of carbonyl (C=O) groups excluding carboxylic acids is 2. The number of aromatic carboxylic acids is 1. The lowest BCUT2D eigenvalue weighted by molar-refractivity contribution is -0.119. The number of urea groups is 1. The quantitative estimate of drug-likeness (QED) is 0.595. The second-order valence-corrected chi connectivity index (χ2v) is 4.86. The lowest BCUT2D eigenvalue weighted by Crippen LogP contribution is -2.46. The molecule has 0 bridgehead atoms. The number of rotatable bonds is 5. The van der Waals surface area contributed by atoms with Gasteiger partial charge in [-0.3, -0.25) is 4.79 Å². The maximum Gasteiger partial charge on any atom is 0.347 e. The van der Waals surface area contributed by atoms with Crippen LogP contribution in [-0.4, -0.2) is 34.0 Å². The van der Waals surface area contributed by atoms with Gasteiger partial charge in [0.05, 0.1) is 12.2 Å². The number of primary amides is 1. The van der Waals surface area contributed by atoms with Crippen LogP contribution in [0.4, 0.5) is 4.79 Å². The van der Waals surface area contributed by atoms with Crippen molar-refractivity contribution < 1.29 is 19.5 Å². The summed E-state index contributed by atoms with van der Waals surface area (Å²) in [4.78, 5) is 37.1. The Morgan fingerprint density at radius 2 is 2.11 bits per heavy atom. The van der Waals surface area contributed by atoms with Crippen LogP contribution < -0.4 is 16.4 Å². The Morgan fingerprint density at radius 1 is 1.47 bits per heavy atom. The maximum atomic E-state index is 11.4. The summed E-state index contributed by atoms with van der Waals surface area (Å²) in [5.74, 6) is -1.69. The molecule has 0 aliphatic rings. The van der Waals surface area contributed by atoms with Gasteiger partial charge in [0.25, 0.3) is 0 Å². The van der Waals surface area contributed by atoms with E-state index < -0.39 is 23.9 Å². The first-order chi connectivity index (χ1) is 8.81. The van der Waals surface area contributed by atoms with E-state index in [1.54, 1.807) is 6.92 Å². The predicted octanol–water partition coefficient (Wildman–Crippen LogP) is -0.177. The van der Waals surface area contributed by atoms with E-state index in [0.717, 1.165) is 11.3 Å². The number of carbonyl (C=O) groups is 3. The minimum atomic E-state index is -1.05. The van der Waals surface area contributed by atoms with Crippen LogP contribution in [0, 0.1) is 6.92 Å². The molecule has 5 N–H and O–H groups in total. The fraction of sp³-hybridized carbons (Fsp3) is 0.400. The molecule has 1 heterocycles. The number of aryl methyl sites for hydroxylation is 1. The van der Waals surface area contributed by atoms with Crippen LogP contribution in [0.5, 0.6) is 0 Å². The Bertz CT molecular complexity index is 514. The van der Waals surface area contributed by atoms with Gasteiger partial charge in [0.2, 0.25) is 5.91 Å². The smallest absolute Gasteiger partial charge is 0.347 e. The minimum Gasteiger partial charge on any atom is -0.477 e. The molecule has 1 aromatic heterocycles. The number of thiazole rings is 1. The van der Waals surface area contributed by atoms with Crippen LogP contribution in [0.2, 0.25) is 0 Å². The molecule has 1 unspecified atom stereocenters. The first-order valence-corrected chi connectivity index (χ1v) is 6.16. The fourth-order valence-electron chi connectivity index (χ4n) is 1.20. The third-order valence-electron chi connectivity index (χ3n) is 2.21. The van der Waals surface area contributed by atoms with E-state index in [2.05, 4.69) is 15.6 Å². The highest BCUT2D eigenvalue weighted by molar-refractivity contribution is 7.13. The van der Waals surface area contributed by atoms with Crippen molar-refractivity contribution in [2.75, 3.05) is 0 Å². The van der Waals surface area contributed by atoms with Gasteiger partial charge >= 0.3 is 12.0 Å². The van der Waals surface area contributed by atoms with Crippen molar-refractivity contribution in [3.8, 4) is 0 Å². The highest BCUT2D eigenvalue weighted by Gasteiger charge is 2.15. The number of hydrogen-bond donors (Lipinski definition) is 4. The lowest BCUT2D eigenvalue weighted by atomic mass is 10.3. The Hall–Kier alpha value is -2.16. The normalized spacial score (nSPS) is 11.7. The number of nitrogens with zero attached hydrogens (tertiary/aromatic N) is 1. The molecule has 1 atom stereocenters. The zero-order valence-electron chi connectivity index (χ0n) is 10.4. The maximum absolute atomic E-state index is 11.4. The molecule has 0 aliphatic heterocycles. The van der Waals surface area contributed by atoms with Gasteiger partial charge in [-0.2, -0.15) is 0 Å². The molecule has 1 rings (SSSR count). The zero-order chi connectivity index (χ0) is 14.6. The average Bonchev–Trinajstić information content (AvgIpc) is 2.68. The first kappa shape index (κ1) is 14.9. The standard InChI is InChI=1S/C10H14N4O4S/c1-4-7(9(16)17)19-6(13-4)3-12-10(18)14-5(2)8(11)15/h5H,3H2,1-2H3,(H2,11,15)(H,16,17)(H2,12,14,18). The monoisotopic (exact) mass is 286 g/mol. The van der Waals surface area contributed by atoms with E-state index in [9.17, 15) is 14.4 Å². The third-order valence-corrected chi connectivity index (χ3v) is 3.36. The molecule has 1 aromatic rings. The molecule has 0 fully saturated rings. The molecule has 19 heavy (non-hydrogen) atoms. The van der Waals surface area contributed by atoms with Crippen LogP contribution in [0.1, 0.15) is 27.3 Å². The van der Waals surface area contributed by atoms with Gasteiger partial charge < -0.3 is 21.5 Å². The summed E-state index contributed by atoms with van der Waals surface area (Å²) in [7, 11) is 0. The second-order valence-electron chi connectivity index (χ2n) is 3.78. The van der Waals surface area contributed by atoms with E-state index in [0.29, 0.717) is 10.7 Å². The second kappa shape index (κ2) is 6.14. The number of aromatic nitrogens is 1. The summed E-state index contributed by atoms with van der Waals surface area (Å²) in [6.45, 7) is 3.12. The van der Waals surface area contributed by atoms with Gasteiger partial charge in [0, 0.05) is 0 Å². The number of carboxylic acid groups (broad SMARTS) is 1. The van der Waals surface area contributed by atoms with Crippen molar-refractivity contribution in [2.24, 2.45) is 5.73 Å². The van der Waals surface area contributed by atoms with Crippen molar-refractivity contribution >= 4 is 29.2 Å². The van der Waals surface area contributed by atoms with Crippen molar-refractivity contribution in [1.82, 2.24) is 15.6 Å². The Morgan fingerprint density at radius 3 is 2.58 bits per heavy atom. The van der Waals surface area contributed by atoms with E-state index in [1.165, 1.54) is 6.92 Å². The van der Waals surface area contributed by atoms with Crippen molar-refractivity contribution in [3.63, 3.8) is 0 Å². The van der Waals surface area contributed by atoms with Crippen LogP contribution in [-0.2, 0) is 11.3 Å². The summed E-state index contributed by atoms with van der Waals surface area (Å²) in [5, 5.41) is 14.1. The lowest BCUT2D eigenvalue weighted by Gasteiger charge is -2.10. The van der Waals surface area contributed by atoms with Gasteiger partial charge in [-0.25, -0.2) is 14.6 Å². The van der Waals surface area contributed by atoms with E-state index in [4.69, 9.17) is 10.8 Å². The molecule has 0 aliphatic carbocycles. The van der Waals surface area contributed by atoms with Gasteiger partial charge in [0.15, 0.2) is 0 Å². The van der Waals surface area contributed by atoms with Crippen molar-refractivity contribution in [2.45, 2.75) is 26.4 Å². The molecule has 0 saturated carbocycles. The van der Waals surface area contributed by atoms with Gasteiger partial charge in [0.1, 0.15) is 15.9 Å². The molecule has 3 amide bonds. The number of nitrogens with one attached hydrogen (secondary N) is 2. The summed E-state index contributed by atoms with van der Waals surface area (Å²) in [6, 6.07) is -1.36. The van der Waals surface area contributed by atoms with Crippen LogP contribution in [0.15, 0.2) is 0 Å². The SMILES string of the molecule is Cc1nc(CNC(=O)NC(C)C(N)=O)sc1C(=O)O. The summed E-state index contributed by atoms with van der Waals surface area (Å²) >= 11 is 0.990. The molecule has 0 spiro atoms. The highest BCUT2D eigenvalue weighted by atomic mass is 32.1. The van der Waals surface area contributed by atoms with Gasteiger partial charge in [-0.1, -0.05) is 0 Å². The molecular formula is C10H14N4O4S. The molecule has 104 valence electrons. The van der Waals surface area contributed by atoms with E-state index >= 15 is 0 Å². The molecule has 9 heteroatoms. The van der Waals surface area contributed by atoms with Crippen molar-refractivity contribution in [1.29, 1.82) is 0 Å². The molecular weight excluding hydrogens is 272 g/mol. The predicted molar refractivity (Wildman–Crippen MR) is 67.8 cm³/mol. The molecule has 0 radical (unpaired) electrons. The number of carboxylic acids is 1. The average molecular weight is 286 g/mol. The van der Waals surface area contributed by atoms with Crippen LogP contribution in [0.25, 0.3) is 0 Å². The third kappa shape index (κ3) is 4.21. The molecule has 0 saturated heterocycles. The minimum absolute atomic E-state index is 0.0795. The largest absolute Gasteiger partial charge is 0.477 e. The summed E-state index contributed by atoms with van der Waals surface area (Å²) in [6.07, 6.45) is 0. The number of amides is 3. The Kier molecular flexibility index (Phi) is 4.81. The van der Waals surface area contributed by atoms with E-state index in [1.807, 2.05) is 0 Å². The van der Waals surface area contributed by atoms with Crippen LogP contribution >= 0.6 is 11.3 Å². The summed E-state index contributed by atoms with van der Waals surface area (Å²) < 4.78 is 0. The Balaban J connectivity index is 2.53. The topological polar surface area (TPSA) is 134 Å². The zero-order valence-corrected chi connectivity index (χ0v) is 11.2. The van der Waals surface area contributed by atoms with Crippen molar-refractivity contribution in [3.05, 3.63) is 15.6 Å². The van der Waals surface area contributed by atoms with Gasteiger partial charge in [-0.15, -0.1) is 11.3 Å². The number of nitrogens with two attached hydrogens (primary N) is 1. The highest BCUT2D eigenvalue weighted by Crippen LogP contribution is 2.17. The molecule has 8 nitrogen and oxygen atoms in total.